The second-order valence-electron chi connectivity index (χ2n) is 9.23. The summed E-state index contributed by atoms with van der Waals surface area (Å²) in [6, 6.07) is 16.1. The van der Waals surface area contributed by atoms with E-state index in [4.69, 9.17) is 14.7 Å². The largest absolute Gasteiger partial charge is 0.378 e. The van der Waals surface area contributed by atoms with Gasteiger partial charge in [-0.1, -0.05) is 24.3 Å². The number of alkyl halides is 2. The van der Waals surface area contributed by atoms with Crippen LogP contribution < -0.4 is 10.2 Å². The molecule has 2 aromatic heterocycles. The Bertz CT molecular complexity index is 1450. The maximum Gasteiger partial charge on any atom is 0.296 e. The highest BCUT2D eigenvalue weighted by Crippen LogP contribution is 2.30. The fraction of sp³-hybridized carbons (Fsp3) is 0.333. The lowest BCUT2D eigenvalue weighted by molar-refractivity contribution is 0.0736. The minimum atomic E-state index is -2.81. The summed E-state index contributed by atoms with van der Waals surface area (Å²) in [5.74, 6) is 0.316. The predicted octanol–water partition coefficient (Wildman–Crippen LogP) is 3.30. The number of benzene rings is 2. The van der Waals surface area contributed by atoms with Gasteiger partial charge >= 0.3 is 0 Å². The average Bonchev–Trinajstić information content (AvgIpc) is 3.38. The van der Waals surface area contributed by atoms with Crippen LogP contribution in [0.15, 0.2) is 54.6 Å². The number of amides is 1. The highest BCUT2D eigenvalue weighted by atomic mass is 19.3. The number of piperazine rings is 1. The molecule has 2 aromatic carbocycles. The lowest BCUT2D eigenvalue weighted by Gasteiger charge is -2.28. The van der Waals surface area contributed by atoms with E-state index in [1.165, 1.54) is 4.57 Å². The Balaban J connectivity index is 1.43. The fourth-order valence-corrected chi connectivity index (χ4v) is 4.86. The maximum absolute atomic E-state index is 14.1. The van der Waals surface area contributed by atoms with Gasteiger partial charge in [0.1, 0.15) is 5.82 Å². The summed E-state index contributed by atoms with van der Waals surface area (Å²) in [6.45, 7) is 5.25. The molecule has 0 atom stereocenters. The first-order valence-corrected chi connectivity index (χ1v) is 12.7. The number of carbonyl (C=O) groups is 1. The SMILES string of the molecule is O=C(c1ccc(-c2cc(N3CCOCC3)nc(-n3c(C(F)F)nc4ccccc43)n2)cc1)N1CCNCC1. The van der Waals surface area contributed by atoms with Crippen molar-refractivity contribution in [2.45, 2.75) is 6.43 Å². The van der Waals surface area contributed by atoms with E-state index in [9.17, 15) is 13.6 Å². The summed E-state index contributed by atoms with van der Waals surface area (Å²) in [5.41, 5.74) is 2.86. The summed E-state index contributed by atoms with van der Waals surface area (Å²) in [6.07, 6.45) is -2.81. The fourth-order valence-electron chi connectivity index (χ4n) is 4.86. The van der Waals surface area contributed by atoms with Gasteiger partial charge in [-0.25, -0.2) is 18.7 Å². The zero-order chi connectivity index (χ0) is 26.1. The number of carbonyl (C=O) groups excluding carboxylic acids is 1. The maximum atomic E-state index is 14.1. The van der Waals surface area contributed by atoms with Crippen LogP contribution in [0.4, 0.5) is 14.6 Å². The van der Waals surface area contributed by atoms with Crippen molar-refractivity contribution in [1.29, 1.82) is 0 Å². The van der Waals surface area contributed by atoms with Crippen molar-refractivity contribution in [2.75, 3.05) is 57.4 Å². The molecule has 0 spiro atoms. The molecule has 6 rings (SSSR count). The van der Waals surface area contributed by atoms with E-state index < -0.39 is 12.2 Å². The summed E-state index contributed by atoms with van der Waals surface area (Å²) in [4.78, 5) is 30.4. The van der Waals surface area contributed by atoms with Crippen molar-refractivity contribution in [2.24, 2.45) is 0 Å². The lowest BCUT2D eigenvalue weighted by Crippen LogP contribution is -2.46. The van der Waals surface area contributed by atoms with E-state index in [1.54, 1.807) is 36.4 Å². The molecule has 1 N–H and O–H groups in total. The average molecular weight is 520 g/mol. The van der Waals surface area contributed by atoms with Gasteiger partial charge in [0.2, 0.25) is 5.95 Å². The van der Waals surface area contributed by atoms with Gasteiger partial charge in [0.25, 0.3) is 12.3 Å². The Morgan fingerprint density at radius 2 is 1.66 bits per heavy atom. The molecule has 38 heavy (non-hydrogen) atoms. The molecule has 2 aliphatic heterocycles. The van der Waals surface area contributed by atoms with Crippen molar-refractivity contribution in [3.63, 3.8) is 0 Å². The molecule has 0 bridgehead atoms. The number of halogens is 2. The van der Waals surface area contributed by atoms with Crippen LogP contribution in [0.5, 0.6) is 0 Å². The van der Waals surface area contributed by atoms with E-state index >= 15 is 0 Å². The first kappa shape index (κ1) is 24.4. The van der Waals surface area contributed by atoms with Gasteiger partial charge in [0, 0.05) is 56.5 Å². The van der Waals surface area contributed by atoms with Crippen molar-refractivity contribution in [3.8, 4) is 17.2 Å². The number of morpholine rings is 1. The summed E-state index contributed by atoms with van der Waals surface area (Å²) in [5, 5.41) is 3.25. The van der Waals surface area contributed by atoms with Crippen LogP contribution in [0.25, 0.3) is 28.2 Å². The van der Waals surface area contributed by atoms with Gasteiger partial charge < -0.3 is 19.9 Å². The van der Waals surface area contributed by atoms with Crippen molar-refractivity contribution in [3.05, 3.63) is 66.0 Å². The zero-order valence-electron chi connectivity index (χ0n) is 20.7. The number of rotatable bonds is 5. The molecule has 2 aliphatic rings. The van der Waals surface area contributed by atoms with Gasteiger partial charge in [0.05, 0.1) is 29.9 Å². The number of aromatic nitrogens is 4. The smallest absolute Gasteiger partial charge is 0.296 e. The molecule has 196 valence electrons. The van der Waals surface area contributed by atoms with Crippen molar-refractivity contribution >= 4 is 22.8 Å². The molecular formula is C27H27F2N7O2. The van der Waals surface area contributed by atoms with Gasteiger partial charge in [0.15, 0.2) is 5.82 Å². The van der Waals surface area contributed by atoms with Crippen LogP contribution in [-0.2, 0) is 4.74 Å². The molecule has 0 radical (unpaired) electrons. The minimum Gasteiger partial charge on any atom is -0.378 e. The van der Waals surface area contributed by atoms with Crippen LogP contribution in [0.2, 0.25) is 0 Å². The number of hydrogen-bond donors (Lipinski definition) is 1. The highest BCUT2D eigenvalue weighted by molar-refractivity contribution is 5.94. The number of nitrogens with one attached hydrogen (secondary N) is 1. The second kappa shape index (κ2) is 10.4. The lowest BCUT2D eigenvalue weighted by atomic mass is 10.1. The number of anilines is 1. The molecule has 0 saturated carbocycles. The second-order valence-corrected chi connectivity index (χ2v) is 9.23. The number of fused-ring (bicyclic) bond motifs is 1. The normalized spacial score (nSPS) is 16.4. The van der Waals surface area contributed by atoms with Crippen LogP contribution in [0.3, 0.4) is 0 Å². The highest BCUT2D eigenvalue weighted by Gasteiger charge is 2.24. The third-order valence-corrected chi connectivity index (χ3v) is 6.85. The Hall–Kier alpha value is -3.96. The summed E-state index contributed by atoms with van der Waals surface area (Å²) >= 11 is 0. The molecule has 2 saturated heterocycles. The number of para-hydroxylation sites is 2. The molecule has 4 aromatic rings. The molecular weight excluding hydrogens is 492 g/mol. The van der Waals surface area contributed by atoms with Gasteiger partial charge in [-0.05, 0) is 24.3 Å². The standard InChI is InChI=1S/C27H27F2N7O2/c28-24(29)25-31-20-3-1-2-4-22(20)36(25)27-32-21(17-23(33-27)34-13-15-38-16-14-34)18-5-7-19(8-6-18)26(37)35-11-9-30-10-12-35/h1-8,17,24,30H,9-16H2. The topological polar surface area (TPSA) is 88.4 Å². The number of imidazole rings is 1. The Labute approximate surface area is 218 Å². The first-order valence-electron chi connectivity index (χ1n) is 12.7. The number of nitrogens with zero attached hydrogens (tertiary/aromatic N) is 6. The zero-order valence-corrected chi connectivity index (χ0v) is 20.7. The van der Waals surface area contributed by atoms with E-state index in [2.05, 4.69) is 15.2 Å². The third kappa shape index (κ3) is 4.70. The van der Waals surface area contributed by atoms with Crippen LogP contribution in [0, 0.1) is 0 Å². The molecule has 0 unspecified atom stereocenters. The Morgan fingerprint density at radius 1 is 0.921 bits per heavy atom. The van der Waals surface area contributed by atoms with Gasteiger partial charge in [-0.2, -0.15) is 4.98 Å². The number of hydrogen-bond acceptors (Lipinski definition) is 7. The quantitative estimate of drug-likeness (QED) is 0.433. The molecule has 4 heterocycles. The summed E-state index contributed by atoms with van der Waals surface area (Å²) in [7, 11) is 0. The van der Waals surface area contributed by atoms with Crippen LogP contribution in [-0.4, -0.2) is 82.8 Å². The molecule has 11 heteroatoms. The molecule has 0 aliphatic carbocycles. The van der Waals surface area contributed by atoms with Gasteiger partial charge in [-0.3, -0.25) is 9.36 Å². The summed E-state index contributed by atoms with van der Waals surface area (Å²) < 4.78 is 35.0. The molecule has 9 nitrogen and oxygen atoms in total. The van der Waals surface area contributed by atoms with Crippen molar-refractivity contribution < 1.29 is 18.3 Å². The van der Waals surface area contributed by atoms with Gasteiger partial charge in [-0.15, -0.1) is 0 Å². The van der Waals surface area contributed by atoms with Crippen LogP contribution in [0.1, 0.15) is 22.6 Å². The Kier molecular flexibility index (Phi) is 6.69. The predicted molar refractivity (Wildman–Crippen MR) is 139 cm³/mol. The molecule has 2 fully saturated rings. The van der Waals surface area contributed by atoms with E-state index in [1.807, 2.05) is 23.1 Å². The van der Waals surface area contributed by atoms with E-state index in [0.717, 1.165) is 18.7 Å². The van der Waals surface area contributed by atoms with Crippen LogP contribution >= 0.6 is 0 Å². The minimum absolute atomic E-state index is 0.0121. The van der Waals surface area contributed by atoms with Crippen molar-refractivity contribution in [1.82, 2.24) is 29.7 Å². The third-order valence-electron chi connectivity index (χ3n) is 6.85. The first-order chi connectivity index (χ1) is 18.6. The molecule has 1 amide bonds. The Morgan fingerprint density at radius 3 is 2.39 bits per heavy atom. The van der Waals surface area contributed by atoms with E-state index in [-0.39, 0.29) is 11.9 Å². The van der Waals surface area contributed by atoms with E-state index in [0.29, 0.717) is 67.5 Å². The monoisotopic (exact) mass is 519 g/mol. The number of ether oxygens (including phenoxy) is 1.